The van der Waals surface area contributed by atoms with E-state index in [1.165, 1.54) is 18.4 Å². The second-order valence-corrected chi connectivity index (χ2v) is 6.21. The number of halogens is 1. The van der Waals surface area contributed by atoms with E-state index in [9.17, 15) is 14.3 Å². The van der Waals surface area contributed by atoms with E-state index in [0.29, 0.717) is 50.6 Å². The van der Waals surface area contributed by atoms with Crippen LogP contribution in [0.1, 0.15) is 23.0 Å². The Kier molecular flexibility index (Phi) is 5.95. The highest BCUT2D eigenvalue weighted by Crippen LogP contribution is 2.17. The molecule has 1 aromatic carbocycles. The molecule has 1 saturated heterocycles. The third kappa shape index (κ3) is 4.58. The van der Waals surface area contributed by atoms with Gasteiger partial charge in [0.15, 0.2) is 23.3 Å². The Morgan fingerprint density at radius 1 is 1.26 bits per heavy atom. The van der Waals surface area contributed by atoms with Crippen LogP contribution in [0, 0.1) is 5.82 Å². The zero-order valence-corrected chi connectivity index (χ0v) is 15.2. The minimum atomic E-state index is -0.655. The van der Waals surface area contributed by atoms with Crippen molar-refractivity contribution < 1.29 is 18.7 Å². The van der Waals surface area contributed by atoms with Gasteiger partial charge in [0, 0.05) is 32.7 Å². The largest absolute Gasteiger partial charge is 0.505 e. The second-order valence-electron chi connectivity index (χ2n) is 6.21. The van der Waals surface area contributed by atoms with Crippen LogP contribution in [0.5, 0.6) is 5.75 Å². The van der Waals surface area contributed by atoms with Gasteiger partial charge in [0.2, 0.25) is 0 Å². The molecule has 1 amide bonds. The number of nitrogens with one attached hydrogen (secondary N) is 1. The van der Waals surface area contributed by atoms with Crippen molar-refractivity contribution in [3.8, 4) is 5.75 Å². The van der Waals surface area contributed by atoms with E-state index in [2.05, 4.69) is 15.2 Å². The van der Waals surface area contributed by atoms with Gasteiger partial charge in [-0.1, -0.05) is 6.07 Å². The molecule has 27 heavy (non-hydrogen) atoms. The molecular weight excluding hydrogens is 351 g/mol. The van der Waals surface area contributed by atoms with Crippen molar-refractivity contribution in [1.82, 2.24) is 15.1 Å². The number of rotatable bonds is 4. The number of amides is 1. The molecule has 2 aromatic rings. The van der Waals surface area contributed by atoms with Gasteiger partial charge in [0.1, 0.15) is 0 Å². The fraction of sp³-hybridized carbons (Fsp3) is 0.368. The average Bonchev–Trinajstić information content (AvgIpc) is 3.22. The van der Waals surface area contributed by atoms with E-state index in [1.807, 2.05) is 6.92 Å². The van der Waals surface area contributed by atoms with Gasteiger partial charge in [-0.05, 0) is 36.8 Å². The molecule has 0 saturated carbocycles. The monoisotopic (exact) mass is 374 g/mol. The molecule has 0 bridgehead atoms. The van der Waals surface area contributed by atoms with E-state index < -0.39 is 5.82 Å². The average molecular weight is 374 g/mol. The Labute approximate surface area is 157 Å². The fourth-order valence-corrected chi connectivity index (χ4v) is 2.92. The van der Waals surface area contributed by atoms with Crippen LogP contribution in [0.2, 0.25) is 0 Å². The lowest BCUT2D eigenvalue weighted by Crippen LogP contribution is -2.53. The van der Waals surface area contributed by atoms with Crippen LogP contribution >= 0.6 is 0 Å². The summed E-state index contributed by atoms with van der Waals surface area (Å²) in [5.41, 5.74) is 0.673. The van der Waals surface area contributed by atoms with E-state index in [0.717, 1.165) is 5.96 Å². The molecule has 144 valence electrons. The highest BCUT2D eigenvalue weighted by atomic mass is 19.1. The Morgan fingerprint density at radius 3 is 2.63 bits per heavy atom. The maximum atomic E-state index is 13.5. The van der Waals surface area contributed by atoms with E-state index in [-0.39, 0.29) is 11.7 Å². The number of carbonyl (C=O) groups is 1. The summed E-state index contributed by atoms with van der Waals surface area (Å²) in [6.45, 7) is 5.39. The minimum Gasteiger partial charge on any atom is -0.505 e. The normalized spacial score (nSPS) is 15.1. The summed E-state index contributed by atoms with van der Waals surface area (Å²) < 4.78 is 18.6. The van der Waals surface area contributed by atoms with Crippen molar-refractivity contribution in [2.75, 3.05) is 32.7 Å². The van der Waals surface area contributed by atoms with Crippen LogP contribution in [-0.4, -0.2) is 59.5 Å². The zero-order chi connectivity index (χ0) is 19.2. The highest BCUT2D eigenvalue weighted by molar-refractivity contribution is 5.91. The molecule has 2 N–H and O–H groups in total. The molecule has 3 rings (SSSR count). The smallest absolute Gasteiger partial charge is 0.289 e. The van der Waals surface area contributed by atoms with Crippen LogP contribution in [-0.2, 0) is 6.54 Å². The minimum absolute atomic E-state index is 0.110. The lowest BCUT2D eigenvalue weighted by molar-refractivity contribution is 0.0657. The third-order valence-corrected chi connectivity index (χ3v) is 4.36. The number of benzene rings is 1. The number of aliphatic imine (C=N–C) groups is 1. The molecule has 0 unspecified atom stereocenters. The Morgan fingerprint density at radius 2 is 2.00 bits per heavy atom. The summed E-state index contributed by atoms with van der Waals surface area (Å²) in [4.78, 5) is 20.7. The van der Waals surface area contributed by atoms with Crippen LogP contribution < -0.4 is 5.32 Å². The van der Waals surface area contributed by atoms with Gasteiger partial charge >= 0.3 is 0 Å². The Balaban J connectivity index is 1.62. The molecule has 0 spiro atoms. The number of hydrogen-bond donors (Lipinski definition) is 2. The number of piperazine rings is 1. The number of aromatic hydroxyl groups is 1. The van der Waals surface area contributed by atoms with Gasteiger partial charge in [-0.3, -0.25) is 4.79 Å². The first-order chi connectivity index (χ1) is 13.1. The lowest BCUT2D eigenvalue weighted by atomic mass is 10.2. The summed E-state index contributed by atoms with van der Waals surface area (Å²) >= 11 is 0. The Hall–Kier alpha value is -3.03. The van der Waals surface area contributed by atoms with Gasteiger partial charge in [0.25, 0.3) is 5.91 Å². The van der Waals surface area contributed by atoms with Crippen molar-refractivity contribution in [2.45, 2.75) is 13.5 Å². The summed E-state index contributed by atoms with van der Waals surface area (Å²) in [6, 6.07) is 7.61. The van der Waals surface area contributed by atoms with Crippen molar-refractivity contribution in [2.24, 2.45) is 4.99 Å². The fourth-order valence-electron chi connectivity index (χ4n) is 2.92. The predicted octanol–water partition coefficient (Wildman–Crippen LogP) is 2.05. The molecule has 7 nitrogen and oxygen atoms in total. The number of furan rings is 1. The summed E-state index contributed by atoms with van der Waals surface area (Å²) in [5.74, 6) is -0.0691. The molecular formula is C19H23FN4O3. The maximum Gasteiger partial charge on any atom is 0.289 e. The molecule has 1 aliphatic rings. The number of nitrogens with zero attached hydrogens (tertiary/aromatic N) is 3. The number of carbonyl (C=O) groups excluding carboxylic acids is 1. The van der Waals surface area contributed by atoms with Crippen molar-refractivity contribution in [3.63, 3.8) is 0 Å². The molecule has 8 heteroatoms. The summed E-state index contributed by atoms with van der Waals surface area (Å²) in [7, 11) is 0. The van der Waals surface area contributed by atoms with Gasteiger partial charge in [-0.25, -0.2) is 9.38 Å². The van der Waals surface area contributed by atoms with Crippen LogP contribution in [0.3, 0.4) is 0 Å². The first-order valence-corrected chi connectivity index (χ1v) is 8.92. The molecule has 1 fully saturated rings. The molecule has 2 heterocycles. The van der Waals surface area contributed by atoms with Crippen LogP contribution in [0.15, 0.2) is 46.0 Å². The summed E-state index contributed by atoms with van der Waals surface area (Å²) in [6.07, 6.45) is 1.49. The first-order valence-electron chi connectivity index (χ1n) is 8.92. The van der Waals surface area contributed by atoms with Gasteiger partial charge < -0.3 is 24.6 Å². The number of phenols is 1. The molecule has 1 aromatic heterocycles. The topological polar surface area (TPSA) is 81.3 Å². The first kappa shape index (κ1) is 18.8. The summed E-state index contributed by atoms with van der Waals surface area (Å²) in [5, 5.41) is 12.5. The molecule has 0 aliphatic carbocycles. The van der Waals surface area contributed by atoms with E-state index in [1.54, 1.807) is 23.1 Å². The van der Waals surface area contributed by atoms with Crippen molar-refractivity contribution >= 4 is 11.9 Å². The molecule has 0 radical (unpaired) electrons. The van der Waals surface area contributed by atoms with Gasteiger partial charge in [-0.15, -0.1) is 0 Å². The quantitative estimate of drug-likeness (QED) is 0.632. The molecule has 0 atom stereocenters. The van der Waals surface area contributed by atoms with Crippen LogP contribution in [0.25, 0.3) is 0 Å². The van der Waals surface area contributed by atoms with E-state index >= 15 is 0 Å². The number of guanidine groups is 1. The third-order valence-electron chi connectivity index (χ3n) is 4.36. The predicted molar refractivity (Wildman–Crippen MR) is 99.1 cm³/mol. The lowest BCUT2D eigenvalue weighted by Gasteiger charge is -2.36. The van der Waals surface area contributed by atoms with Crippen LogP contribution in [0.4, 0.5) is 4.39 Å². The highest BCUT2D eigenvalue weighted by Gasteiger charge is 2.25. The van der Waals surface area contributed by atoms with Gasteiger partial charge in [-0.2, -0.15) is 0 Å². The van der Waals surface area contributed by atoms with Gasteiger partial charge in [0.05, 0.1) is 12.8 Å². The van der Waals surface area contributed by atoms with Crippen molar-refractivity contribution in [3.05, 3.63) is 53.7 Å². The molecule has 1 aliphatic heterocycles. The Bertz CT molecular complexity index is 799. The second kappa shape index (κ2) is 8.57. The zero-order valence-electron chi connectivity index (χ0n) is 15.2. The standard InChI is InChI=1S/C19H23FN4O3/c1-2-21-19(22-13-14-5-6-16(25)15(20)12-14)24-9-7-23(8-10-24)18(26)17-4-3-11-27-17/h3-6,11-12,25H,2,7-10,13H2,1H3,(H,21,22). The van der Waals surface area contributed by atoms with E-state index in [4.69, 9.17) is 4.42 Å². The maximum absolute atomic E-state index is 13.5. The number of hydrogen-bond acceptors (Lipinski definition) is 4. The SMILES string of the molecule is CCNC(=NCc1ccc(O)c(F)c1)N1CCN(C(=O)c2ccco2)CC1. The number of phenolic OH excluding ortho intramolecular Hbond substituents is 1. The van der Waals surface area contributed by atoms with Crippen molar-refractivity contribution in [1.29, 1.82) is 0 Å².